The Bertz CT molecular complexity index is 952. The van der Waals surface area contributed by atoms with E-state index in [1.54, 1.807) is 18.7 Å². The number of carbonyl (C=O) groups is 1. The Labute approximate surface area is 197 Å². The zero-order valence-corrected chi connectivity index (χ0v) is 21.0. The largest absolute Gasteiger partial charge is 0.381 e. The van der Waals surface area contributed by atoms with Crippen LogP contribution in [-0.4, -0.2) is 42.9 Å². The number of rotatable bonds is 9. The minimum absolute atomic E-state index is 0.00771. The predicted molar refractivity (Wildman–Crippen MR) is 135 cm³/mol. The van der Waals surface area contributed by atoms with Gasteiger partial charge in [0, 0.05) is 38.4 Å². The molecule has 1 amide bonds. The van der Waals surface area contributed by atoms with Crippen molar-refractivity contribution in [1.82, 2.24) is 4.57 Å². The summed E-state index contributed by atoms with van der Waals surface area (Å²) in [4.78, 5) is 24.7. The molecule has 0 atom stereocenters. The number of nitrogens with one attached hydrogen (secondary N) is 2. The molecule has 1 heterocycles. The number of benzene rings is 1. The molecular weight excluding hydrogens is 418 g/mol. The van der Waals surface area contributed by atoms with E-state index >= 15 is 0 Å². The van der Waals surface area contributed by atoms with Gasteiger partial charge in [-0.1, -0.05) is 19.9 Å². The Balaban J connectivity index is 0.00000187. The van der Waals surface area contributed by atoms with Gasteiger partial charge in [-0.25, -0.2) is 0 Å². The average Bonchev–Trinajstić information content (AvgIpc) is 2.76. The van der Waals surface area contributed by atoms with Gasteiger partial charge in [-0.3, -0.25) is 9.59 Å². The Morgan fingerprint density at radius 3 is 2.45 bits per heavy atom. The first kappa shape index (κ1) is 26.6. The molecule has 33 heavy (non-hydrogen) atoms. The zero-order valence-electron chi connectivity index (χ0n) is 21.0. The maximum Gasteiger partial charge on any atom is 0.253 e. The van der Waals surface area contributed by atoms with Crippen molar-refractivity contribution in [2.75, 3.05) is 30.9 Å². The molecule has 1 saturated carbocycles. The third-order valence-electron chi connectivity index (χ3n) is 5.64. The van der Waals surface area contributed by atoms with Crippen LogP contribution < -0.4 is 16.2 Å². The summed E-state index contributed by atoms with van der Waals surface area (Å²) in [5.41, 5.74) is 4.16. The van der Waals surface area contributed by atoms with Crippen LogP contribution in [-0.2, 0) is 21.3 Å². The maximum absolute atomic E-state index is 12.7. The molecule has 182 valence electrons. The van der Waals surface area contributed by atoms with E-state index in [0.717, 1.165) is 35.3 Å². The highest BCUT2D eigenvalue weighted by atomic mass is 16.5. The summed E-state index contributed by atoms with van der Waals surface area (Å²) in [6, 6.07) is 7.76. The van der Waals surface area contributed by atoms with Crippen LogP contribution in [0.1, 0.15) is 46.1 Å². The van der Waals surface area contributed by atoms with E-state index in [2.05, 4.69) is 10.6 Å². The number of hydrogen-bond acceptors (Lipinski definition) is 5. The SMILES string of the molecule is CC.COC1CC(C(=O)Nc2ccc(-c3cc(C)c(=O)n(C)c3)cc2NCCOC(C)C)C1. The molecule has 1 aromatic carbocycles. The van der Waals surface area contributed by atoms with Crippen LogP contribution in [0.4, 0.5) is 11.4 Å². The summed E-state index contributed by atoms with van der Waals surface area (Å²) >= 11 is 0. The van der Waals surface area contributed by atoms with Crippen molar-refractivity contribution < 1.29 is 14.3 Å². The maximum atomic E-state index is 12.7. The van der Waals surface area contributed by atoms with E-state index in [0.29, 0.717) is 18.7 Å². The third kappa shape index (κ3) is 7.17. The van der Waals surface area contributed by atoms with Crippen molar-refractivity contribution in [3.63, 3.8) is 0 Å². The molecule has 0 radical (unpaired) electrons. The molecule has 0 spiro atoms. The van der Waals surface area contributed by atoms with Crippen LogP contribution in [0.15, 0.2) is 35.3 Å². The second kappa shape index (κ2) is 12.6. The van der Waals surface area contributed by atoms with Crippen LogP contribution in [0.2, 0.25) is 0 Å². The third-order valence-corrected chi connectivity index (χ3v) is 5.64. The number of pyridine rings is 1. The highest BCUT2D eigenvalue weighted by molar-refractivity contribution is 5.97. The molecule has 1 fully saturated rings. The molecule has 7 nitrogen and oxygen atoms in total. The monoisotopic (exact) mass is 457 g/mol. The quantitative estimate of drug-likeness (QED) is 0.539. The fourth-order valence-electron chi connectivity index (χ4n) is 3.70. The highest BCUT2D eigenvalue weighted by Gasteiger charge is 2.34. The van der Waals surface area contributed by atoms with Gasteiger partial charge < -0.3 is 24.7 Å². The number of amides is 1. The predicted octanol–water partition coefficient (Wildman–Crippen LogP) is 4.59. The Morgan fingerprint density at radius 1 is 1.15 bits per heavy atom. The first-order chi connectivity index (χ1) is 15.8. The van der Waals surface area contributed by atoms with Gasteiger partial charge in [0.25, 0.3) is 5.56 Å². The second-order valence-corrected chi connectivity index (χ2v) is 8.45. The van der Waals surface area contributed by atoms with E-state index in [-0.39, 0.29) is 29.6 Å². The lowest BCUT2D eigenvalue weighted by Gasteiger charge is -2.33. The number of aryl methyl sites for hydroxylation is 2. The highest BCUT2D eigenvalue weighted by Crippen LogP contribution is 2.33. The van der Waals surface area contributed by atoms with Crippen LogP contribution in [0.25, 0.3) is 11.1 Å². The van der Waals surface area contributed by atoms with Crippen molar-refractivity contribution in [1.29, 1.82) is 0 Å². The van der Waals surface area contributed by atoms with Crippen LogP contribution >= 0.6 is 0 Å². The van der Waals surface area contributed by atoms with Crippen molar-refractivity contribution >= 4 is 17.3 Å². The number of hydrogen-bond donors (Lipinski definition) is 2. The molecule has 0 saturated heterocycles. The fourth-order valence-corrected chi connectivity index (χ4v) is 3.70. The molecule has 2 N–H and O–H groups in total. The fraction of sp³-hybridized carbons (Fsp3) is 0.538. The number of nitrogens with zero attached hydrogens (tertiary/aromatic N) is 1. The smallest absolute Gasteiger partial charge is 0.253 e. The summed E-state index contributed by atoms with van der Waals surface area (Å²) in [6.07, 6.45) is 3.67. The standard InChI is InChI=1S/C24H33N3O4.C2H6/c1-15(2)31-9-8-25-22-13-17(19-10-16(3)24(29)27(4)14-19)6-7-21(22)26-23(28)18-11-20(12-18)30-5;1-2/h6-7,10,13-15,18,20,25H,8-9,11-12H2,1-5H3,(H,26,28);1-2H3. The van der Waals surface area contributed by atoms with Gasteiger partial charge in [0.15, 0.2) is 0 Å². The minimum Gasteiger partial charge on any atom is -0.381 e. The molecule has 1 aromatic heterocycles. The number of carbonyl (C=O) groups excluding carboxylic acids is 1. The van der Waals surface area contributed by atoms with Gasteiger partial charge in [0.2, 0.25) is 5.91 Å². The van der Waals surface area contributed by atoms with E-state index in [9.17, 15) is 9.59 Å². The first-order valence-corrected chi connectivity index (χ1v) is 11.8. The zero-order chi connectivity index (χ0) is 24.5. The number of methoxy groups -OCH3 is 1. The van der Waals surface area contributed by atoms with Gasteiger partial charge >= 0.3 is 0 Å². The molecule has 0 aliphatic heterocycles. The van der Waals surface area contributed by atoms with Crippen LogP contribution in [0, 0.1) is 12.8 Å². The molecule has 0 bridgehead atoms. The second-order valence-electron chi connectivity index (χ2n) is 8.45. The van der Waals surface area contributed by atoms with E-state index < -0.39 is 0 Å². The molecular formula is C26H39N3O4. The summed E-state index contributed by atoms with van der Waals surface area (Å²) in [5, 5.41) is 6.45. The van der Waals surface area contributed by atoms with Crippen molar-refractivity contribution in [3.05, 3.63) is 46.4 Å². The van der Waals surface area contributed by atoms with Crippen LogP contribution in [0.3, 0.4) is 0 Å². The number of anilines is 2. The average molecular weight is 458 g/mol. The lowest BCUT2D eigenvalue weighted by molar-refractivity contribution is -0.127. The van der Waals surface area contributed by atoms with E-state index in [1.165, 1.54) is 0 Å². The van der Waals surface area contributed by atoms with E-state index in [1.807, 2.05) is 65.1 Å². The Hall–Kier alpha value is -2.64. The van der Waals surface area contributed by atoms with Crippen LogP contribution in [0.5, 0.6) is 0 Å². The lowest BCUT2D eigenvalue weighted by atomic mass is 9.81. The van der Waals surface area contributed by atoms with Gasteiger partial charge in [0.05, 0.1) is 30.2 Å². The number of aromatic nitrogens is 1. The van der Waals surface area contributed by atoms with Gasteiger partial charge in [0.1, 0.15) is 0 Å². The molecule has 7 heteroatoms. The summed E-state index contributed by atoms with van der Waals surface area (Å²) in [5.74, 6) is -0.00599. The molecule has 3 rings (SSSR count). The minimum atomic E-state index is -0.0203. The summed E-state index contributed by atoms with van der Waals surface area (Å²) in [7, 11) is 3.43. The van der Waals surface area contributed by atoms with Crippen molar-refractivity contribution in [2.45, 2.75) is 59.7 Å². The molecule has 0 unspecified atom stereocenters. The van der Waals surface area contributed by atoms with E-state index in [4.69, 9.17) is 9.47 Å². The normalized spacial score (nSPS) is 17.1. The van der Waals surface area contributed by atoms with Gasteiger partial charge in [-0.2, -0.15) is 0 Å². The van der Waals surface area contributed by atoms with Gasteiger partial charge in [-0.05, 0) is 62.9 Å². The first-order valence-electron chi connectivity index (χ1n) is 11.8. The van der Waals surface area contributed by atoms with Crippen molar-refractivity contribution in [3.8, 4) is 11.1 Å². The van der Waals surface area contributed by atoms with Gasteiger partial charge in [-0.15, -0.1) is 0 Å². The molecule has 1 aliphatic rings. The Morgan fingerprint density at radius 2 is 1.85 bits per heavy atom. The summed E-state index contributed by atoms with van der Waals surface area (Å²) < 4.78 is 12.5. The molecule has 1 aliphatic carbocycles. The summed E-state index contributed by atoms with van der Waals surface area (Å²) in [6.45, 7) is 11.0. The molecule has 2 aromatic rings. The Kier molecular flexibility index (Phi) is 10.1. The topological polar surface area (TPSA) is 81.6 Å². The lowest BCUT2D eigenvalue weighted by Crippen LogP contribution is -2.38. The number of ether oxygens (including phenoxy) is 2. The van der Waals surface area contributed by atoms with Crippen molar-refractivity contribution in [2.24, 2.45) is 13.0 Å².